The Balaban J connectivity index is 2.33. The van der Waals surface area contributed by atoms with Crippen molar-refractivity contribution < 1.29 is 0 Å². The van der Waals surface area contributed by atoms with Crippen LogP contribution in [0.1, 0.15) is 27.7 Å². The molecule has 1 saturated heterocycles. The third-order valence-corrected chi connectivity index (χ3v) is 3.76. The van der Waals surface area contributed by atoms with Crippen LogP contribution in [0, 0.1) is 5.41 Å². The molecule has 0 unspecified atom stereocenters. The minimum absolute atomic E-state index is 0.104. The number of rotatable bonds is 1. The van der Waals surface area contributed by atoms with Gasteiger partial charge in [0.05, 0.1) is 10.7 Å². The van der Waals surface area contributed by atoms with E-state index in [2.05, 4.69) is 50.0 Å². The molecule has 2 rings (SSSR count). The maximum Gasteiger partial charge on any atom is 0.0639 e. The van der Waals surface area contributed by atoms with Crippen LogP contribution in [0.4, 0.5) is 5.69 Å². The second kappa shape index (κ2) is 4.75. The second-order valence-corrected chi connectivity index (χ2v) is 7.12. The molecule has 2 nitrogen and oxygen atoms in total. The molecule has 0 atom stereocenters. The van der Waals surface area contributed by atoms with Gasteiger partial charge >= 0.3 is 0 Å². The van der Waals surface area contributed by atoms with Gasteiger partial charge in [-0.1, -0.05) is 37.6 Å². The highest BCUT2D eigenvalue weighted by molar-refractivity contribution is 6.33. The Labute approximate surface area is 115 Å². The van der Waals surface area contributed by atoms with Crippen molar-refractivity contribution in [3.63, 3.8) is 0 Å². The maximum absolute atomic E-state index is 6.34. The lowest BCUT2D eigenvalue weighted by Crippen LogP contribution is -2.46. The van der Waals surface area contributed by atoms with Crippen LogP contribution in [0.3, 0.4) is 0 Å². The first-order valence-corrected chi connectivity index (χ1v) is 6.91. The summed E-state index contributed by atoms with van der Waals surface area (Å²) >= 11 is 6.34. The van der Waals surface area contributed by atoms with E-state index in [0.29, 0.717) is 0 Å². The third-order valence-electron chi connectivity index (χ3n) is 3.44. The van der Waals surface area contributed by atoms with E-state index >= 15 is 0 Å². The first-order valence-electron chi connectivity index (χ1n) is 6.54. The Bertz CT molecular complexity index is 408. The Morgan fingerprint density at radius 1 is 1.11 bits per heavy atom. The van der Waals surface area contributed by atoms with Gasteiger partial charge in [0.15, 0.2) is 0 Å². The van der Waals surface area contributed by atoms with Gasteiger partial charge < -0.3 is 10.2 Å². The molecule has 1 heterocycles. The molecule has 0 spiro atoms. The molecule has 0 aromatic heterocycles. The molecule has 100 valence electrons. The summed E-state index contributed by atoms with van der Waals surface area (Å²) in [6.45, 7) is 12.1. The van der Waals surface area contributed by atoms with E-state index in [1.807, 2.05) is 12.1 Å². The summed E-state index contributed by atoms with van der Waals surface area (Å²) in [5, 5.41) is 4.48. The summed E-state index contributed by atoms with van der Waals surface area (Å²) in [7, 11) is 0. The molecular weight excluding hydrogens is 244 g/mol. The van der Waals surface area contributed by atoms with Gasteiger partial charge in [0, 0.05) is 25.2 Å². The van der Waals surface area contributed by atoms with Crippen molar-refractivity contribution in [1.82, 2.24) is 5.32 Å². The molecule has 0 bridgehead atoms. The van der Waals surface area contributed by atoms with E-state index in [1.165, 1.54) is 0 Å². The minimum atomic E-state index is 0.104. The van der Waals surface area contributed by atoms with E-state index in [1.54, 1.807) is 0 Å². The van der Waals surface area contributed by atoms with Crippen LogP contribution in [-0.2, 0) is 0 Å². The summed E-state index contributed by atoms with van der Waals surface area (Å²) in [5.41, 5.74) is 1.49. The van der Waals surface area contributed by atoms with Crippen molar-refractivity contribution in [2.75, 3.05) is 24.5 Å². The zero-order valence-corrected chi connectivity index (χ0v) is 12.5. The largest absolute Gasteiger partial charge is 0.368 e. The maximum atomic E-state index is 6.34. The summed E-state index contributed by atoms with van der Waals surface area (Å²) in [5.74, 6) is 0. The molecule has 1 aliphatic rings. The van der Waals surface area contributed by atoms with Crippen LogP contribution in [0.25, 0.3) is 0 Å². The summed E-state index contributed by atoms with van der Waals surface area (Å²) < 4.78 is 0. The van der Waals surface area contributed by atoms with Crippen molar-refractivity contribution in [1.29, 1.82) is 0 Å². The molecule has 1 N–H and O–H groups in total. The molecule has 3 heteroatoms. The van der Waals surface area contributed by atoms with Crippen LogP contribution in [0.15, 0.2) is 24.3 Å². The number of para-hydroxylation sites is 1. The average molecular weight is 267 g/mol. The molecule has 0 radical (unpaired) electrons. The SMILES string of the molecule is CC1(C)CNC(C)(C)CN(c2ccccc2Cl)C1. The molecule has 1 aromatic rings. The van der Waals surface area contributed by atoms with Gasteiger partial charge in [-0.25, -0.2) is 0 Å². The van der Waals surface area contributed by atoms with Crippen molar-refractivity contribution in [3.05, 3.63) is 29.3 Å². The quantitative estimate of drug-likeness (QED) is 0.836. The summed E-state index contributed by atoms with van der Waals surface area (Å²) in [6, 6.07) is 8.12. The Morgan fingerprint density at radius 3 is 2.44 bits per heavy atom. The predicted molar refractivity (Wildman–Crippen MR) is 79.5 cm³/mol. The first-order chi connectivity index (χ1) is 8.29. The van der Waals surface area contributed by atoms with E-state index in [9.17, 15) is 0 Å². The van der Waals surface area contributed by atoms with E-state index in [-0.39, 0.29) is 11.0 Å². The number of benzene rings is 1. The summed E-state index contributed by atoms with van der Waals surface area (Å²) in [6.07, 6.45) is 0. The number of hydrogen-bond donors (Lipinski definition) is 1. The lowest BCUT2D eigenvalue weighted by atomic mass is 9.93. The molecule has 0 amide bonds. The number of hydrogen-bond acceptors (Lipinski definition) is 2. The normalized spacial score (nSPS) is 22.6. The van der Waals surface area contributed by atoms with Crippen molar-refractivity contribution in [2.24, 2.45) is 5.41 Å². The highest BCUT2D eigenvalue weighted by atomic mass is 35.5. The van der Waals surface area contributed by atoms with Crippen LogP contribution in [-0.4, -0.2) is 25.2 Å². The van der Waals surface area contributed by atoms with Gasteiger partial charge in [0.1, 0.15) is 0 Å². The van der Waals surface area contributed by atoms with Gasteiger partial charge in [0.25, 0.3) is 0 Å². The van der Waals surface area contributed by atoms with Gasteiger partial charge in [-0.3, -0.25) is 0 Å². The predicted octanol–water partition coefficient (Wildman–Crippen LogP) is 3.55. The zero-order chi connectivity index (χ0) is 13.4. The molecule has 0 saturated carbocycles. The Hall–Kier alpha value is -0.730. The lowest BCUT2D eigenvalue weighted by Gasteiger charge is -2.33. The number of anilines is 1. The van der Waals surface area contributed by atoms with Crippen molar-refractivity contribution in [3.8, 4) is 0 Å². The van der Waals surface area contributed by atoms with E-state index < -0.39 is 0 Å². The standard InChI is InChI=1S/C15H23ClN2/c1-14(2)9-17-15(3,4)11-18(10-14)13-8-6-5-7-12(13)16/h5-8,17H,9-11H2,1-4H3. The van der Waals surface area contributed by atoms with Gasteiger partial charge in [-0.2, -0.15) is 0 Å². The van der Waals surface area contributed by atoms with Crippen LogP contribution in [0.5, 0.6) is 0 Å². The molecule has 1 aromatic carbocycles. The fourth-order valence-electron chi connectivity index (χ4n) is 2.52. The molecule has 1 aliphatic heterocycles. The zero-order valence-electron chi connectivity index (χ0n) is 11.8. The van der Waals surface area contributed by atoms with Gasteiger partial charge in [-0.05, 0) is 31.4 Å². The molecule has 0 aliphatic carbocycles. The summed E-state index contributed by atoms with van der Waals surface area (Å²) in [4.78, 5) is 2.41. The molecule has 18 heavy (non-hydrogen) atoms. The topological polar surface area (TPSA) is 15.3 Å². The van der Waals surface area contributed by atoms with E-state index in [4.69, 9.17) is 11.6 Å². The smallest absolute Gasteiger partial charge is 0.0639 e. The first kappa shape index (κ1) is 13.7. The Kier molecular flexibility index (Phi) is 3.61. The van der Waals surface area contributed by atoms with Crippen molar-refractivity contribution in [2.45, 2.75) is 33.2 Å². The monoisotopic (exact) mass is 266 g/mol. The average Bonchev–Trinajstić information content (AvgIpc) is 2.36. The number of halogens is 1. The fourth-order valence-corrected chi connectivity index (χ4v) is 2.77. The van der Waals surface area contributed by atoms with Gasteiger partial charge in [-0.15, -0.1) is 0 Å². The van der Waals surface area contributed by atoms with Crippen LogP contribution in [0.2, 0.25) is 5.02 Å². The minimum Gasteiger partial charge on any atom is -0.368 e. The second-order valence-electron chi connectivity index (χ2n) is 6.71. The third kappa shape index (κ3) is 3.18. The van der Waals surface area contributed by atoms with E-state index in [0.717, 1.165) is 30.3 Å². The van der Waals surface area contributed by atoms with Gasteiger partial charge in [0.2, 0.25) is 0 Å². The number of nitrogens with one attached hydrogen (secondary N) is 1. The molecular formula is C15H23ClN2. The molecule has 1 fully saturated rings. The van der Waals surface area contributed by atoms with Crippen molar-refractivity contribution >= 4 is 17.3 Å². The Morgan fingerprint density at radius 2 is 1.78 bits per heavy atom. The van der Waals surface area contributed by atoms with Crippen LogP contribution >= 0.6 is 11.6 Å². The van der Waals surface area contributed by atoms with Crippen LogP contribution < -0.4 is 10.2 Å². The highest BCUT2D eigenvalue weighted by Crippen LogP contribution is 2.31. The lowest BCUT2D eigenvalue weighted by molar-refractivity contribution is 0.332. The fraction of sp³-hybridized carbons (Fsp3) is 0.600. The number of nitrogens with zero attached hydrogens (tertiary/aromatic N) is 1. The highest BCUT2D eigenvalue weighted by Gasteiger charge is 2.33.